The summed E-state index contributed by atoms with van der Waals surface area (Å²) < 4.78 is 46.2. The molecule has 17 heavy (non-hydrogen) atoms. The first-order valence-corrected chi connectivity index (χ1v) is 6.82. The Morgan fingerprint density at radius 2 is 2.06 bits per heavy atom. The van der Waals surface area contributed by atoms with Crippen molar-refractivity contribution in [1.82, 2.24) is 4.98 Å². The molecule has 0 aliphatic heterocycles. The van der Waals surface area contributed by atoms with E-state index in [1.165, 1.54) is 0 Å². The van der Waals surface area contributed by atoms with E-state index in [9.17, 15) is 27.3 Å². The normalized spacial score (nSPS) is 11.8. The maximum Gasteiger partial charge on any atom is 0.321 e. The molecule has 0 bridgehead atoms. The molecule has 0 aromatic carbocycles. The summed E-state index contributed by atoms with van der Waals surface area (Å²) in [6.45, 7) is 0. The fraction of sp³-hybridized carbons (Fsp3) is 0.167. The maximum absolute atomic E-state index is 12.4. The maximum atomic E-state index is 12.4. The standard InChI is InChI=1S/C6H2BrClF2N2O4S/c7-5-4(12(13)14)3(17(8,15)16)1-2(11-5)6(9)10/h1,6H. The zero-order chi connectivity index (χ0) is 13.4. The number of hydrogen-bond acceptors (Lipinski definition) is 5. The molecule has 1 aromatic rings. The van der Waals surface area contributed by atoms with Crippen LogP contribution in [-0.2, 0) is 9.05 Å². The van der Waals surface area contributed by atoms with Crippen LogP contribution in [0.1, 0.15) is 12.1 Å². The van der Waals surface area contributed by atoms with Gasteiger partial charge < -0.3 is 0 Å². The van der Waals surface area contributed by atoms with Crippen molar-refractivity contribution in [3.05, 3.63) is 26.5 Å². The zero-order valence-corrected chi connectivity index (χ0v) is 10.8. The molecule has 0 spiro atoms. The van der Waals surface area contributed by atoms with Crippen molar-refractivity contribution in [2.45, 2.75) is 11.3 Å². The Balaban J connectivity index is 3.69. The van der Waals surface area contributed by atoms with Crippen LogP contribution in [0.25, 0.3) is 0 Å². The first kappa shape index (κ1) is 14.2. The molecule has 0 saturated heterocycles. The van der Waals surface area contributed by atoms with Gasteiger partial charge in [-0.15, -0.1) is 0 Å². The van der Waals surface area contributed by atoms with Gasteiger partial charge >= 0.3 is 5.69 Å². The fourth-order valence-electron chi connectivity index (χ4n) is 0.966. The number of nitro groups is 1. The van der Waals surface area contributed by atoms with Crippen LogP contribution < -0.4 is 0 Å². The number of rotatable bonds is 3. The highest BCUT2D eigenvalue weighted by Crippen LogP contribution is 2.35. The Labute approximate surface area is 106 Å². The minimum Gasteiger partial charge on any atom is -0.258 e. The first-order chi connectivity index (χ1) is 7.64. The Kier molecular flexibility index (Phi) is 3.99. The van der Waals surface area contributed by atoms with Crippen molar-refractivity contribution in [3.63, 3.8) is 0 Å². The number of halogens is 4. The number of aromatic nitrogens is 1. The second kappa shape index (κ2) is 4.78. The third kappa shape index (κ3) is 3.07. The highest BCUT2D eigenvalue weighted by molar-refractivity contribution is 9.10. The molecule has 0 radical (unpaired) electrons. The van der Waals surface area contributed by atoms with Crippen molar-refractivity contribution in [2.75, 3.05) is 0 Å². The van der Waals surface area contributed by atoms with Gasteiger partial charge in [-0.05, 0) is 22.0 Å². The van der Waals surface area contributed by atoms with Gasteiger partial charge in [-0.3, -0.25) is 10.1 Å². The smallest absolute Gasteiger partial charge is 0.258 e. The lowest BCUT2D eigenvalue weighted by molar-refractivity contribution is -0.389. The van der Waals surface area contributed by atoms with Gasteiger partial charge in [0.25, 0.3) is 15.5 Å². The molecular formula is C6H2BrClF2N2O4S. The Hall–Kier alpha value is -0.870. The van der Waals surface area contributed by atoms with Gasteiger partial charge in [0.15, 0.2) is 9.50 Å². The topological polar surface area (TPSA) is 90.2 Å². The first-order valence-electron chi connectivity index (χ1n) is 3.72. The van der Waals surface area contributed by atoms with E-state index in [1.54, 1.807) is 0 Å². The van der Waals surface area contributed by atoms with E-state index in [1.807, 2.05) is 0 Å². The predicted molar refractivity (Wildman–Crippen MR) is 56.6 cm³/mol. The van der Waals surface area contributed by atoms with Gasteiger partial charge in [0.2, 0.25) is 0 Å². The van der Waals surface area contributed by atoms with Crippen molar-refractivity contribution < 1.29 is 22.1 Å². The van der Waals surface area contributed by atoms with Crippen LogP contribution >= 0.6 is 26.6 Å². The fourth-order valence-corrected chi connectivity index (χ4v) is 2.68. The van der Waals surface area contributed by atoms with Gasteiger partial charge in [-0.25, -0.2) is 22.2 Å². The molecular weight excluding hydrogens is 349 g/mol. The predicted octanol–water partition coefficient (Wildman–Crippen LogP) is 2.62. The van der Waals surface area contributed by atoms with Crippen molar-refractivity contribution >= 4 is 41.4 Å². The average molecular weight is 352 g/mol. The Morgan fingerprint density at radius 1 is 1.53 bits per heavy atom. The second-order valence-corrected chi connectivity index (χ2v) is 5.97. The third-order valence-electron chi connectivity index (χ3n) is 1.60. The summed E-state index contributed by atoms with van der Waals surface area (Å²) >= 11 is 2.55. The Bertz CT molecular complexity index is 580. The second-order valence-electron chi connectivity index (χ2n) is 2.68. The SMILES string of the molecule is O=[N+]([O-])c1c(S(=O)(=O)Cl)cc(C(F)F)nc1Br. The minimum absolute atomic E-state index is 0.371. The van der Waals surface area contributed by atoms with Gasteiger partial charge in [0.1, 0.15) is 5.69 Å². The highest BCUT2D eigenvalue weighted by Gasteiger charge is 2.30. The van der Waals surface area contributed by atoms with Crippen LogP contribution in [0.4, 0.5) is 14.5 Å². The summed E-state index contributed by atoms with van der Waals surface area (Å²) in [6, 6.07) is 0.371. The molecule has 1 aromatic heterocycles. The van der Waals surface area contributed by atoms with E-state index < -0.39 is 41.3 Å². The average Bonchev–Trinajstić information content (AvgIpc) is 2.14. The summed E-state index contributed by atoms with van der Waals surface area (Å²) in [5, 5.41) is 10.6. The molecule has 11 heteroatoms. The monoisotopic (exact) mass is 350 g/mol. The molecule has 1 heterocycles. The summed E-state index contributed by atoms with van der Waals surface area (Å²) in [6.07, 6.45) is -3.08. The van der Waals surface area contributed by atoms with E-state index in [2.05, 4.69) is 20.9 Å². The van der Waals surface area contributed by atoms with Crippen LogP contribution in [0.15, 0.2) is 15.6 Å². The molecule has 0 fully saturated rings. The van der Waals surface area contributed by atoms with E-state index in [4.69, 9.17) is 10.7 Å². The van der Waals surface area contributed by atoms with Crippen LogP contribution in [0.3, 0.4) is 0 Å². The van der Waals surface area contributed by atoms with Gasteiger partial charge in [0.05, 0.1) is 4.92 Å². The van der Waals surface area contributed by atoms with E-state index >= 15 is 0 Å². The quantitative estimate of drug-likeness (QED) is 0.361. The number of pyridine rings is 1. The highest BCUT2D eigenvalue weighted by atomic mass is 79.9. The minimum atomic E-state index is -4.53. The van der Waals surface area contributed by atoms with Crippen LogP contribution in [0.5, 0.6) is 0 Å². The summed E-state index contributed by atoms with van der Waals surface area (Å²) in [4.78, 5) is 11.7. The third-order valence-corrected chi connectivity index (χ3v) is 3.49. The summed E-state index contributed by atoms with van der Waals surface area (Å²) in [7, 11) is 0.401. The molecule has 0 N–H and O–H groups in total. The van der Waals surface area contributed by atoms with Crippen molar-refractivity contribution in [1.29, 1.82) is 0 Å². The lowest BCUT2D eigenvalue weighted by Crippen LogP contribution is -2.04. The van der Waals surface area contributed by atoms with Crippen molar-refractivity contribution in [3.8, 4) is 0 Å². The van der Waals surface area contributed by atoms with E-state index in [0.717, 1.165) is 0 Å². The van der Waals surface area contributed by atoms with Crippen LogP contribution in [-0.4, -0.2) is 18.3 Å². The van der Waals surface area contributed by atoms with E-state index in [0.29, 0.717) is 6.07 Å². The molecule has 0 aliphatic rings. The molecule has 6 nitrogen and oxygen atoms in total. The Morgan fingerprint density at radius 3 is 2.41 bits per heavy atom. The van der Waals surface area contributed by atoms with Gasteiger partial charge in [0, 0.05) is 10.7 Å². The summed E-state index contributed by atoms with van der Waals surface area (Å²) in [5.41, 5.74) is -1.91. The number of nitrogens with zero attached hydrogens (tertiary/aromatic N) is 2. The summed E-state index contributed by atoms with van der Waals surface area (Å²) in [5.74, 6) is 0. The lowest BCUT2D eigenvalue weighted by Gasteiger charge is -2.04. The molecule has 0 saturated carbocycles. The van der Waals surface area contributed by atoms with Crippen LogP contribution in [0.2, 0.25) is 0 Å². The largest absolute Gasteiger partial charge is 0.321 e. The molecule has 0 atom stereocenters. The zero-order valence-electron chi connectivity index (χ0n) is 7.60. The molecule has 0 unspecified atom stereocenters. The lowest BCUT2D eigenvalue weighted by atomic mass is 10.3. The molecule has 0 aliphatic carbocycles. The molecule has 0 amide bonds. The number of alkyl halides is 2. The van der Waals surface area contributed by atoms with E-state index in [-0.39, 0.29) is 0 Å². The van der Waals surface area contributed by atoms with Crippen molar-refractivity contribution in [2.24, 2.45) is 0 Å². The molecule has 94 valence electrons. The van der Waals surface area contributed by atoms with Gasteiger partial charge in [-0.1, -0.05) is 0 Å². The van der Waals surface area contributed by atoms with Crippen LogP contribution in [0, 0.1) is 10.1 Å². The number of hydrogen-bond donors (Lipinski definition) is 0. The van der Waals surface area contributed by atoms with Gasteiger partial charge in [-0.2, -0.15) is 0 Å². The molecule has 1 rings (SSSR count).